The van der Waals surface area contributed by atoms with Gasteiger partial charge in [-0.3, -0.25) is 4.79 Å². The van der Waals surface area contributed by atoms with Gasteiger partial charge in [-0.2, -0.15) is 0 Å². The van der Waals surface area contributed by atoms with Crippen LogP contribution in [0.15, 0.2) is 42.5 Å². The summed E-state index contributed by atoms with van der Waals surface area (Å²) in [6.45, 7) is 4.53. The number of rotatable bonds is 5. The van der Waals surface area contributed by atoms with Crippen molar-refractivity contribution in [2.24, 2.45) is 0 Å². The third-order valence-electron chi connectivity index (χ3n) is 7.07. The number of fused-ring (bicyclic) bond motifs is 3. The lowest BCUT2D eigenvalue weighted by Gasteiger charge is -2.39. The van der Waals surface area contributed by atoms with Crippen LogP contribution in [0.3, 0.4) is 0 Å². The molecule has 0 radical (unpaired) electrons. The molecule has 2 unspecified atom stereocenters. The van der Waals surface area contributed by atoms with Crippen LogP contribution in [0.2, 0.25) is 0 Å². The molecule has 2 fully saturated rings. The highest BCUT2D eigenvalue weighted by atomic mass is 35.5. The Hall–Kier alpha value is -2.18. The van der Waals surface area contributed by atoms with Crippen molar-refractivity contribution in [3.8, 4) is 0 Å². The van der Waals surface area contributed by atoms with Crippen LogP contribution in [0, 0.1) is 11.6 Å². The van der Waals surface area contributed by atoms with E-state index in [-0.39, 0.29) is 36.0 Å². The smallest absolute Gasteiger partial charge is 0.222 e. The normalized spacial score (nSPS) is 23.0. The van der Waals surface area contributed by atoms with Crippen LogP contribution < -0.4 is 4.90 Å². The van der Waals surface area contributed by atoms with Crippen molar-refractivity contribution >= 4 is 29.7 Å². The van der Waals surface area contributed by atoms with Crippen molar-refractivity contribution in [2.75, 3.05) is 37.6 Å². The number of carbonyl (C=O) groups is 1. The van der Waals surface area contributed by atoms with Gasteiger partial charge < -0.3 is 14.7 Å². The van der Waals surface area contributed by atoms with E-state index in [9.17, 15) is 13.6 Å². The topological polar surface area (TPSA) is 26.8 Å². The van der Waals surface area contributed by atoms with Gasteiger partial charge in [-0.05, 0) is 80.3 Å². The summed E-state index contributed by atoms with van der Waals surface area (Å²) in [5.41, 5.74) is 3.04. The number of likely N-dealkylation sites (tertiary alicyclic amines) is 2. The summed E-state index contributed by atoms with van der Waals surface area (Å²) in [7, 11) is 0. The molecule has 0 bridgehead atoms. The van der Waals surface area contributed by atoms with Crippen LogP contribution in [-0.4, -0.2) is 54.5 Å². The standard InChI is InChI=1S/C25H29F2N3O.ClH/c26-18-5-8-20(9-6-18)30-23-10-7-19(27)16-21(23)22-17-28(15-11-24(22)30)12-3-14-29-13-2-1-4-25(29)31;/h5-10,16,22,24H,1-4,11-15,17H2;1H. The lowest BCUT2D eigenvalue weighted by atomic mass is 9.89. The Morgan fingerprint density at radius 1 is 0.938 bits per heavy atom. The van der Waals surface area contributed by atoms with E-state index in [4.69, 9.17) is 0 Å². The fraction of sp³-hybridized carbons (Fsp3) is 0.480. The van der Waals surface area contributed by atoms with E-state index in [1.165, 1.54) is 18.2 Å². The van der Waals surface area contributed by atoms with E-state index >= 15 is 0 Å². The number of piperidine rings is 2. The summed E-state index contributed by atoms with van der Waals surface area (Å²) in [5, 5.41) is 0. The third-order valence-corrected chi connectivity index (χ3v) is 7.07. The SMILES string of the molecule is Cl.O=C1CCCCN1CCCN1CCC2C(C1)c1cc(F)ccc1N2c1ccc(F)cc1. The Balaban J connectivity index is 0.00000245. The number of nitrogens with zero attached hydrogens (tertiary/aromatic N) is 3. The Kier molecular flexibility index (Phi) is 7.01. The molecule has 2 saturated heterocycles. The molecule has 3 aliphatic rings. The molecule has 32 heavy (non-hydrogen) atoms. The molecule has 0 aliphatic carbocycles. The first-order valence-electron chi connectivity index (χ1n) is 11.4. The summed E-state index contributed by atoms with van der Waals surface area (Å²) >= 11 is 0. The number of benzene rings is 2. The fourth-order valence-electron chi connectivity index (χ4n) is 5.56. The number of hydrogen-bond donors (Lipinski definition) is 0. The molecule has 1 amide bonds. The number of halogens is 3. The largest absolute Gasteiger partial charge is 0.343 e. The van der Waals surface area contributed by atoms with E-state index in [1.807, 2.05) is 23.1 Å². The zero-order valence-corrected chi connectivity index (χ0v) is 19.0. The van der Waals surface area contributed by atoms with Gasteiger partial charge in [0.1, 0.15) is 11.6 Å². The van der Waals surface area contributed by atoms with E-state index in [0.717, 1.165) is 75.3 Å². The van der Waals surface area contributed by atoms with Crippen LogP contribution in [-0.2, 0) is 4.79 Å². The molecular formula is C25H30ClF2N3O. The Bertz CT molecular complexity index is 955. The minimum absolute atomic E-state index is 0. The molecule has 0 aromatic heterocycles. The summed E-state index contributed by atoms with van der Waals surface area (Å²) in [4.78, 5) is 18.8. The third kappa shape index (κ3) is 4.48. The number of amides is 1. The summed E-state index contributed by atoms with van der Waals surface area (Å²) in [6.07, 6.45) is 4.77. The first-order chi connectivity index (χ1) is 15.1. The van der Waals surface area contributed by atoms with Gasteiger partial charge in [0.2, 0.25) is 5.91 Å². The summed E-state index contributed by atoms with van der Waals surface area (Å²) < 4.78 is 27.6. The van der Waals surface area contributed by atoms with E-state index in [1.54, 1.807) is 6.07 Å². The monoisotopic (exact) mass is 461 g/mol. The molecule has 3 aliphatic heterocycles. The zero-order chi connectivity index (χ0) is 21.4. The van der Waals surface area contributed by atoms with Crippen LogP contribution in [0.4, 0.5) is 20.2 Å². The van der Waals surface area contributed by atoms with E-state index < -0.39 is 0 Å². The fourth-order valence-corrected chi connectivity index (χ4v) is 5.56. The second-order valence-corrected chi connectivity index (χ2v) is 9.00. The van der Waals surface area contributed by atoms with Gasteiger partial charge in [0, 0.05) is 55.9 Å². The van der Waals surface area contributed by atoms with Gasteiger partial charge in [-0.25, -0.2) is 8.78 Å². The Labute approximate surface area is 194 Å². The number of hydrogen-bond acceptors (Lipinski definition) is 3. The quantitative estimate of drug-likeness (QED) is 0.620. The number of anilines is 2. The van der Waals surface area contributed by atoms with Crippen molar-refractivity contribution in [3.63, 3.8) is 0 Å². The minimum Gasteiger partial charge on any atom is -0.343 e. The van der Waals surface area contributed by atoms with E-state index in [0.29, 0.717) is 12.3 Å². The first kappa shape index (κ1) is 23.0. The van der Waals surface area contributed by atoms with Crippen molar-refractivity contribution < 1.29 is 13.6 Å². The lowest BCUT2D eigenvalue weighted by Crippen LogP contribution is -2.45. The summed E-state index contributed by atoms with van der Waals surface area (Å²) in [6, 6.07) is 11.9. The average Bonchev–Trinajstić information content (AvgIpc) is 3.09. The maximum Gasteiger partial charge on any atom is 0.222 e. The number of carbonyl (C=O) groups excluding carboxylic acids is 1. The van der Waals surface area contributed by atoms with Crippen molar-refractivity contribution in [2.45, 2.75) is 44.1 Å². The van der Waals surface area contributed by atoms with Crippen LogP contribution in [0.25, 0.3) is 0 Å². The zero-order valence-electron chi connectivity index (χ0n) is 18.2. The Morgan fingerprint density at radius 3 is 2.50 bits per heavy atom. The van der Waals surface area contributed by atoms with Crippen LogP contribution >= 0.6 is 12.4 Å². The highest BCUT2D eigenvalue weighted by Crippen LogP contribution is 2.48. The molecule has 0 saturated carbocycles. The molecule has 0 spiro atoms. The van der Waals surface area contributed by atoms with Gasteiger partial charge in [0.25, 0.3) is 0 Å². The summed E-state index contributed by atoms with van der Waals surface area (Å²) in [5.74, 6) is 0.0567. The second kappa shape index (κ2) is 9.75. The molecule has 172 valence electrons. The molecule has 5 rings (SSSR count). The van der Waals surface area contributed by atoms with Gasteiger partial charge >= 0.3 is 0 Å². The van der Waals surface area contributed by atoms with Crippen molar-refractivity contribution in [1.29, 1.82) is 0 Å². The molecule has 2 aromatic rings. The molecule has 7 heteroatoms. The molecule has 3 heterocycles. The van der Waals surface area contributed by atoms with Gasteiger partial charge in [0.15, 0.2) is 0 Å². The average molecular weight is 462 g/mol. The molecular weight excluding hydrogens is 432 g/mol. The van der Waals surface area contributed by atoms with Gasteiger partial charge in [-0.1, -0.05) is 0 Å². The van der Waals surface area contributed by atoms with Crippen molar-refractivity contribution in [3.05, 3.63) is 59.7 Å². The molecule has 2 atom stereocenters. The van der Waals surface area contributed by atoms with Crippen molar-refractivity contribution in [1.82, 2.24) is 9.80 Å². The second-order valence-electron chi connectivity index (χ2n) is 9.00. The van der Waals surface area contributed by atoms with Gasteiger partial charge in [-0.15, -0.1) is 12.4 Å². The van der Waals surface area contributed by atoms with E-state index in [2.05, 4.69) is 9.80 Å². The lowest BCUT2D eigenvalue weighted by molar-refractivity contribution is -0.133. The van der Waals surface area contributed by atoms with Crippen LogP contribution in [0.5, 0.6) is 0 Å². The first-order valence-corrected chi connectivity index (χ1v) is 11.4. The molecule has 4 nitrogen and oxygen atoms in total. The van der Waals surface area contributed by atoms with Crippen LogP contribution in [0.1, 0.15) is 43.6 Å². The highest BCUT2D eigenvalue weighted by molar-refractivity contribution is 5.85. The Morgan fingerprint density at radius 2 is 1.72 bits per heavy atom. The highest BCUT2D eigenvalue weighted by Gasteiger charge is 2.42. The predicted octanol–water partition coefficient (Wildman–Crippen LogP) is 5.10. The maximum absolute atomic E-state index is 14.1. The predicted molar refractivity (Wildman–Crippen MR) is 125 cm³/mol. The maximum atomic E-state index is 14.1. The molecule has 0 N–H and O–H groups in total. The minimum atomic E-state index is -0.249. The van der Waals surface area contributed by atoms with Gasteiger partial charge in [0.05, 0.1) is 0 Å². The molecule has 2 aromatic carbocycles.